The topological polar surface area (TPSA) is 26.0 Å². The summed E-state index contributed by atoms with van der Waals surface area (Å²) in [5.74, 6) is 0.819. The first-order chi connectivity index (χ1) is 8.01. The van der Waals surface area contributed by atoms with Gasteiger partial charge in [0.25, 0.3) is 0 Å². The molecule has 2 unspecified atom stereocenters. The highest BCUT2D eigenvalue weighted by atomic mass is 35.5. The van der Waals surface area contributed by atoms with Gasteiger partial charge in [0.2, 0.25) is 0 Å². The van der Waals surface area contributed by atoms with E-state index in [9.17, 15) is 4.39 Å². The summed E-state index contributed by atoms with van der Waals surface area (Å²) in [5, 5.41) is 0.180. The molecule has 0 aliphatic carbocycles. The van der Waals surface area contributed by atoms with E-state index in [1.165, 1.54) is 18.2 Å². The first-order valence-corrected chi connectivity index (χ1v) is 7.21. The van der Waals surface area contributed by atoms with Crippen molar-refractivity contribution in [2.45, 2.75) is 37.0 Å². The standard InChI is InChI=1S/C13H17ClFNS/c1-13(5-2-6-17-13)12(16)8-9-3-4-11(15)10(14)7-9/h3-4,7,12H,2,5-6,8,16H2,1H3. The van der Waals surface area contributed by atoms with Crippen LogP contribution in [0.25, 0.3) is 0 Å². The van der Waals surface area contributed by atoms with Crippen molar-refractivity contribution in [3.05, 3.63) is 34.6 Å². The van der Waals surface area contributed by atoms with Crippen LogP contribution in [0.2, 0.25) is 5.02 Å². The van der Waals surface area contributed by atoms with Crippen molar-refractivity contribution in [3.8, 4) is 0 Å². The third-order valence-electron chi connectivity index (χ3n) is 3.47. The smallest absolute Gasteiger partial charge is 0.141 e. The largest absolute Gasteiger partial charge is 0.326 e. The van der Waals surface area contributed by atoms with E-state index in [1.54, 1.807) is 12.1 Å². The van der Waals surface area contributed by atoms with Gasteiger partial charge in [-0.25, -0.2) is 4.39 Å². The Morgan fingerprint density at radius 1 is 1.59 bits per heavy atom. The lowest BCUT2D eigenvalue weighted by Gasteiger charge is -2.30. The zero-order chi connectivity index (χ0) is 12.5. The van der Waals surface area contributed by atoms with E-state index in [0.29, 0.717) is 0 Å². The predicted molar refractivity (Wildman–Crippen MR) is 73.2 cm³/mol. The summed E-state index contributed by atoms with van der Waals surface area (Å²) in [5.41, 5.74) is 7.29. The van der Waals surface area contributed by atoms with Crippen LogP contribution < -0.4 is 5.73 Å². The summed E-state index contributed by atoms with van der Waals surface area (Å²) in [6.45, 7) is 2.22. The number of halogens is 2. The fraction of sp³-hybridized carbons (Fsp3) is 0.538. The SMILES string of the molecule is CC1(C(N)Cc2ccc(F)c(Cl)c2)CCCS1. The Kier molecular flexibility index (Phi) is 4.01. The minimum absolute atomic E-state index is 0.0940. The average Bonchev–Trinajstić information content (AvgIpc) is 2.72. The number of rotatable bonds is 3. The molecule has 1 aromatic rings. The molecule has 0 amide bonds. The summed E-state index contributed by atoms with van der Waals surface area (Å²) in [6, 6.07) is 4.95. The molecule has 2 N–H and O–H groups in total. The van der Waals surface area contributed by atoms with Crippen LogP contribution in [-0.2, 0) is 6.42 Å². The van der Waals surface area contributed by atoms with Gasteiger partial charge in [-0.15, -0.1) is 0 Å². The molecular weight excluding hydrogens is 257 g/mol. The molecular formula is C13H17ClFNS. The molecule has 1 saturated heterocycles. The third-order valence-corrected chi connectivity index (χ3v) is 5.42. The van der Waals surface area contributed by atoms with E-state index >= 15 is 0 Å². The monoisotopic (exact) mass is 273 g/mol. The molecule has 0 bridgehead atoms. The highest BCUT2D eigenvalue weighted by Crippen LogP contribution is 2.40. The van der Waals surface area contributed by atoms with E-state index in [-0.39, 0.29) is 21.6 Å². The maximum atomic E-state index is 13.0. The third kappa shape index (κ3) is 2.95. The van der Waals surface area contributed by atoms with Crippen LogP contribution in [0.1, 0.15) is 25.3 Å². The van der Waals surface area contributed by atoms with Crippen LogP contribution in [0.5, 0.6) is 0 Å². The van der Waals surface area contributed by atoms with Gasteiger partial charge in [0.1, 0.15) is 5.82 Å². The molecule has 4 heteroatoms. The van der Waals surface area contributed by atoms with E-state index < -0.39 is 0 Å². The Morgan fingerprint density at radius 3 is 2.94 bits per heavy atom. The zero-order valence-corrected chi connectivity index (χ0v) is 11.5. The minimum atomic E-state index is -0.370. The van der Waals surface area contributed by atoms with Crippen molar-refractivity contribution < 1.29 is 4.39 Å². The number of nitrogens with two attached hydrogens (primary N) is 1. The van der Waals surface area contributed by atoms with Crippen LogP contribution in [0.15, 0.2) is 18.2 Å². The van der Waals surface area contributed by atoms with Gasteiger partial charge < -0.3 is 5.73 Å². The van der Waals surface area contributed by atoms with Crippen molar-refractivity contribution in [2.75, 3.05) is 5.75 Å². The maximum Gasteiger partial charge on any atom is 0.141 e. The molecule has 2 rings (SSSR count). The Morgan fingerprint density at radius 2 is 2.35 bits per heavy atom. The van der Waals surface area contributed by atoms with Gasteiger partial charge in [0.05, 0.1) is 5.02 Å². The number of benzene rings is 1. The summed E-state index contributed by atoms with van der Waals surface area (Å²) in [6.07, 6.45) is 3.15. The van der Waals surface area contributed by atoms with Gasteiger partial charge in [-0.1, -0.05) is 17.7 Å². The van der Waals surface area contributed by atoms with E-state index in [4.69, 9.17) is 17.3 Å². The molecule has 0 saturated carbocycles. The molecule has 0 aromatic heterocycles. The minimum Gasteiger partial charge on any atom is -0.326 e. The number of hydrogen-bond acceptors (Lipinski definition) is 2. The molecule has 1 fully saturated rings. The highest BCUT2D eigenvalue weighted by molar-refractivity contribution is 8.00. The molecule has 1 nitrogen and oxygen atoms in total. The van der Waals surface area contributed by atoms with E-state index in [2.05, 4.69) is 6.92 Å². The van der Waals surface area contributed by atoms with E-state index in [1.807, 2.05) is 11.8 Å². The number of thioether (sulfide) groups is 1. The second-order valence-electron chi connectivity index (χ2n) is 4.82. The fourth-order valence-corrected chi connectivity index (χ4v) is 3.77. The van der Waals surface area contributed by atoms with Gasteiger partial charge >= 0.3 is 0 Å². The van der Waals surface area contributed by atoms with Gasteiger partial charge in [-0.3, -0.25) is 0 Å². The van der Waals surface area contributed by atoms with Crippen LogP contribution >= 0.6 is 23.4 Å². The quantitative estimate of drug-likeness (QED) is 0.910. The second-order valence-corrected chi connectivity index (χ2v) is 6.86. The Balaban J connectivity index is 2.07. The second kappa shape index (κ2) is 5.17. The summed E-state index contributed by atoms with van der Waals surface area (Å²) < 4.78 is 13.2. The molecule has 2 atom stereocenters. The first-order valence-electron chi connectivity index (χ1n) is 5.85. The number of hydrogen-bond donors (Lipinski definition) is 1. The van der Waals surface area contributed by atoms with Crippen molar-refractivity contribution in [1.82, 2.24) is 0 Å². The van der Waals surface area contributed by atoms with Crippen molar-refractivity contribution in [1.29, 1.82) is 0 Å². The summed E-state index contributed by atoms with van der Waals surface area (Å²) in [7, 11) is 0. The molecule has 1 aromatic carbocycles. The lowest BCUT2D eigenvalue weighted by molar-refractivity contribution is 0.482. The molecule has 0 radical (unpaired) electrons. The Labute approximate surface area is 111 Å². The summed E-state index contributed by atoms with van der Waals surface area (Å²) in [4.78, 5) is 0. The first kappa shape index (κ1) is 13.2. The van der Waals surface area contributed by atoms with Crippen molar-refractivity contribution >= 4 is 23.4 Å². The normalized spacial score (nSPS) is 26.1. The molecule has 0 spiro atoms. The zero-order valence-electron chi connectivity index (χ0n) is 9.88. The van der Waals surface area contributed by atoms with Crippen LogP contribution in [0.4, 0.5) is 4.39 Å². The maximum absolute atomic E-state index is 13.0. The van der Waals surface area contributed by atoms with Crippen LogP contribution in [-0.4, -0.2) is 16.5 Å². The molecule has 1 aliphatic heterocycles. The van der Waals surface area contributed by atoms with Gasteiger partial charge in [0, 0.05) is 10.8 Å². The fourth-order valence-electron chi connectivity index (χ4n) is 2.23. The average molecular weight is 274 g/mol. The predicted octanol–water partition coefficient (Wildman–Crippen LogP) is 3.63. The lowest BCUT2D eigenvalue weighted by atomic mass is 9.91. The van der Waals surface area contributed by atoms with Crippen molar-refractivity contribution in [3.63, 3.8) is 0 Å². The van der Waals surface area contributed by atoms with Crippen LogP contribution in [0, 0.1) is 5.82 Å². The molecule has 1 aliphatic rings. The van der Waals surface area contributed by atoms with Gasteiger partial charge in [-0.2, -0.15) is 11.8 Å². The Hall–Kier alpha value is -0.250. The molecule has 94 valence electrons. The van der Waals surface area contributed by atoms with Crippen LogP contribution in [0.3, 0.4) is 0 Å². The molecule has 17 heavy (non-hydrogen) atoms. The van der Waals surface area contributed by atoms with Crippen molar-refractivity contribution in [2.24, 2.45) is 5.73 Å². The summed E-state index contributed by atoms with van der Waals surface area (Å²) >= 11 is 7.72. The van der Waals surface area contributed by atoms with E-state index in [0.717, 1.165) is 18.4 Å². The van der Waals surface area contributed by atoms with Gasteiger partial charge in [-0.05, 0) is 49.6 Å². The highest BCUT2D eigenvalue weighted by Gasteiger charge is 2.35. The van der Waals surface area contributed by atoms with Gasteiger partial charge in [0.15, 0.2) is 0 Å². The lowest BCUT2D eigenvalue weighted by Crippen LogP contribution is -2.42. The molecule has 1 heterocycles. The Bertz CT molecular complexity index is 404.